The molecule has 0 fully saturated rings. The minimum Gasteiger partial charge on any atom is -0.497 e. The molecule has 29 heavy (non-hydrogen) atoms. The molecule has 5 heteroatoms. The summed E-state index contributed by atoms with van der Waals surface area (Å²) in [4.78, 5) is 2.51. The van der Waals surface area contributed by atoms with Gasteiger partial charge in [0, 0.05) is 25.4 Å². The van der Waals surface area contributed by atoms with Crippen molar-refractivity contribution in [2.45, 2.75) is 4.90 Å². The highest BCUT2D eigenvalue weighted by Crippen LogP contribution is 2.47. The van der Waals surface area contributed by atoms with Crippen LogP contribution in [0.15, 0.2) is 65.6 Å². The molecular weight excluding hydrogens is 400 g/mol. The zero-order chi connectivity index (χ0) is 19.8. The van der Waals surface area contributed by atoms with Crippen LogP contribution in [-0.4, -0.2) is 26.6 Å². The third kappa shape index (κ3) is 3.34. The van der Waals surface area contributed by atoms with E-state index in [0.29, 0.717) is 13.2 Å². The van der Waals surface area contributed by atoms with E-state index in [9.17, 15) is 0 Å². The summed E-state index contributed by atoms with van der Waals surface area (Å²) in [6, 6.07) is 21.3. The van der Waals surface area contributed by atoms with Crippen LogP contribution in [0.3, 0.4) is 0 Å². The monoisotopic (exact) mass is 420 g/mol. The third-order valence-corrected chi connectivity index (χ3v) is 7.04. The molecule has 3 nitrogen and oxygen atoms in total. The van der Waals surface area contributed by atoms with Gasteiger partial charge in [-0.3, -0.25) is 0 Å². The van der Waals surface area contributed by atoms with E-state index >= 15 is 0 Å². The minimum absolute atomic E-state index is 0.581. The first-order chi connectivity index (χ1) is 14.3. The maximum Gasteiger partial charge on any atom is 0.161 e. The highest BCUT2D eigenvalue weighted by molar-refractivity contribution is 7.98. The number of hydrogen-bond donors (Lipinski definition) is 0. The summed E-state index contributed by atoms with van der Waals surface area (Å²) in [5.74, 6) is 2.47. The summed E-state index contributed by atoms with van der Waals surface area (Å²) in [6.45, 7) is 1.18. The SMILES string of the molecule is COc1ccc2sc(-c3ccc(SC)cc3)c(-c3ccc4c(c3)OCCO4)c2c1. The summed E-state index contributed by atoms with van der Waals surface area (Å²) >= 11 is 3.56. The van der Waals surface area contributed by atoms with Crippen molar-refractivity contribution in [3.05, 3.63) is 60.7 Å². The number of hydrogen-bond acceptors (Lipinski definition) is 5. The number of rotatable bonds is 4. The number of thiophene rings is 1. The number of benzene rings is 3. The standard InChI is InChI=1S/C24H20O3S2/c1-25-17-6-10-22-19(14-17)23(16-5-9-20-21(13-16)27-12-11-26-20)24(29-22)15-3-7-18(28-2)8-4-15/h3-10,13-14H,11-12H2,1-2H3. The molecule has 1 aliphatic rings. The number of fused-ring (bicyclic) bond motifs is 2. The molecule has 3 aromatic carbocycles. The Morgan fingerprint density at radius 3 is 2.38 bits per heavy atom. The van der Waals surface area contributed by atoms with Crippen LogP contribution in [0.4, 0.5) is 0 Å². The fraction of sp³-hybridized carbons (Fsp3) is 0.167. The molecule has 0 aliphatic carbocycles. The van der Waals surface area contributed by atoms with Crippen molar-refractivity contribution in [2.75, 3.05) is 26.6 Å². The first kappa shape index (κ1) is 18.4. The molecular formula is C24H20O3S2. The highest BCUT2D eigenvalue weighted by Gasteiger charge is 2.19. The van der Waals surface area contributed by atoms with Crippen molar-refractivity contribution in [3.8, 4) is 38.8 Å². The molecule has 0 bridgehead atoms. The molecule has 0 saturated heterocycles. The van der Waals surface area contributed by atoms with Gasteiger partial charge in [-0.25, -0.2) is 0 Å². The second-order valence-corrected chi connectivity index (χ2v) is 8.69. The molecule has 146 valence electrons. The summed E-state index contributed by atoms with van der Waals surface area (Å²) in [7, 11) is 1.71. The second kappa shape index (κ2) is 7.65. The quantitative estimate of drug-likeness (QED) is 0.342. The summed E-state index contributed by atoms with van der Waals surface area (Å²) in [5, 5.41) is 1.19. The van der Waals surface area contributed by atoms with Crippen LogP contribution in [0.2, 0.25) is 0 Å². The molecule has 0 spiro atoms. The van der Waals surface area contributed by atoms with E-state index in [4.69, 9.17) is 14.2 Å². The van der Waals surface area contributed by atoms with E-state index in [1.165, 1.54) is 31.0 Å². The summed E-state index contributed by atoms with van der Waals surface area (Å²) in [6.07, 6.45) is 2.10. The van der Waals surface area contributed by atoms with Crippen LogP contribution in [0, 0.1) is 0 Å². The Hall–Kier alpha value is -2.63. The normalized spacial score (nSPS) is 12.9. The van der Waals surface area contributed by atoms with Crippen molar-refractivity contribution < 1.29 is 14.2 Å². The first-order valence-corrected chi connectivity index (χ1v) is 11.5. The second-order valence-electron chi connectivity index (χ2n) is 6.76. The van der Waals surface area contributed by atoms with Crippen LogP contribution in [0.5, 0.6) is 17.2 Å². The van der Waals surface area contributed by atoms with Gasteiger partial charge in [0.2, 0.25) is 0 Å². The van der Waals surface area contributed by atoms with Crippen molar-refractivity contribution in [1.29, 1.82) is 0 Å². The third-order valence-electron chi connectivity index (χ3n) is 5.08. The zero-order valence-corrected chi connectivity index (χ0v) is 17.9. The zero-order valence-electron chi connectivity index (χ0n) is 16.2. The van der Waals surface area contributed by atoms with Gasteiger partial charge < -0.3 is 14.2 Å². The molecule has 0 atom stereocenters. The van der Waals surface area contributed by atoms with Gasteiger partial charge in [-0.15, -0.1) is 23.1 Å². The van der Waals surface area contributed by atoms with Crippen LogP contribution >= 0.6 is 23.1 Å². The van der Waals surface area contributed by atoms with Crippen LogP contribution in [0.25, 0.3) is 31.7 Å². The topological polar surface area (TPSA) is 27.7 Å². The van der Waals surface area contributed by atoms with Gasteiger partial charge in [-0.1, -0.05) is 18.2 Å². The first-order valence-electron chi connectivity index (χ1n) is 9.42. The lowest BCUT2D eigenvalue weighted by Crippen LogP contribution is -2.15. The fourth-order valence-electron chi connectivity index (χ4n) is 3.63. The van der Waals surface area contributed by atoms with E-state index in [0.717, 1.165) is 22.8 Å². The van der Waals surface area contributed by atoms with E-state index in [-0.39, 0.29) is 0 Å². The molecule has 4 aromatic rings. The molecule has 1 aromatic heterocycles. The fourth-order valence-corrected chi connectivity index (χ4v) is 5.25. The van der Waals surface area contributed by atoms with E-state index in [1.807, 2.05) is 23.5 Å². The summed E-state index contributed by atoms with van der Waals surface area (Å²) < 4.78 is 18.3. The van der Waals surface area contributed by atoms with E-state index in [1.54, 1.807) is 18.9 Å². The van der Waals surface area contributed by atoms with Crippen molar-refractivity contribution >= 4 is 33.2 Å². The largest absolute Gasteiger partial charge is 0.497 e. The van der Waals surface area contributed by atoms with Gasteiger partial charge in [-0.05, 0) is 59.8 Å². The summed E-state index contributed by atoms with van der Waals surface area (Å²) in [5.41, 5.74) is 3.54. The van der Waals surface area contributed by atoms with Gasteiger partial charge in [0.1, 0.15) is 19.0 Å². The van der Waals surface area contributed by atoms with Gasteiger partial charge in [0.25, 0.3) is 0 Å². The number of methoxy groups -OCH3 is 1. The molecule has 1 aliphatic heterocycles. The average molecular weight is 421 g/mol. The predicted octanol–water partition coefficient (Wildman–Crippen LogP) is 6.74. The minimum atomic E-state index is 0.581. The van der Waals surface area contributed by atoms with Gasteiger partial charge in [0.15, 0.2) is 11.5 Å². The van der Waals surface area contributed by atoms with Gasteiger partial charge in [-0.2, -0.15) is 0 Å². The number of ether oxygens (including phenoxy) is 3. The predicted molar refractivity (Wildman–Crippen MR) is 122 cm³/mol. The lowest BCUT2D eigenvalue weighted by molar-refractivity contribution is 0.171. The molecule has 0 unspecified atom stereocenters. The Labute approximate surface area is 178 Å². The van der Waals surface area contributed by atoms with Crippen LogP contribution < -0.4 is 14.2 Å². The van der Waals surface area contributed by atoms with Crippen LogP contribution in [0.1, 0.15) is 0 Å². The van der Waals surface area contributed by atoms with Crippen LogP contribution in [-0.2, 0) is 0 Å². The Bertz CT molecular complexity index is 1180. The number of thioether (sulfide) groups is 1. The average Bonchev–Trinajstić information content (AvgIpc) is 3.17. The Morgan fingerprint density at radius 1 is 0.862 bits per heavy atom. The Morgan fingerprint density at radius 2 is 1.62 bits per heavy atom. The molecule has 0 amide bonds. The molecule has 2 heterocycles. The van der Waals surface area contributed by atoms with E-state index < -0.39 is 0 Å². The molecule has 0 N–H and O–H groups in total. The lowest BCUT2D eigenvalue weighted by atomic mass is 9.98. The lowest BCUT2D eigenvalue weighted by Gasteiger charge is -2.19. The van der Waals surface area contributed by atoms with Gasteiger partial charge >= 0.3 is 0 Å². The maximum absolute atomic E-state index is 5.85. The Balaban J connectivity index is 1.74. The maximum atomic E-state index is 5.85. The smallest absolute Gasteiger partial charge is 0.161 e. The van der Waals surface area contributed by atoms with Crippen molar-refractivity contribution in [2.24, 2.45) is 0 Å². The van der Waals surface area contributed by atoms with Gasteiger partial charge in [0.05, 0.1) is 7.11 Å². The Kier molecular flexibility index (Phi) is 4.86. The van der Waals surface area contributed by atoms with Crippen molar-refractivity contribution in [1.82, 2.24) is 0 Å². The molecule has 5 rings (SSSR count). The highest BCUT2D eigenvalue weighted by atomic mass is 32.2. The molecule has 0 saturated carbocycles. The van der Waals surface area contributed by atoms with Crippen molar-refractivity contribution in [3.63, 3.8) is 0 Å². The van der Waals surface area contributed by atoms with E-state index in [2.05, 4.69) is 54.8 Å². The molecule has 0 radical (unpaired) electrons.